The first-order chi connectivity index (χ1) is 14.6. The molecule has 0 unspecified atom stereocenters. The highest BCUT2D eigenvalue weighted by Crippen LogP contribution is 2.54. The third kappa shape index (κ3) is 4.97. The Balaban J connectivity index is 2.47. The van der Waals surface area contributed by atoms with Crippen LogP contribution in [0.3, 0.4) is 0 Å². The van der Waals surface area contributed by atoms with Crippen molar-refractivity contribution < 1.29 is 4.79 Å². The smallest absolute Gasteiger partial charge is 0.152 e. The van der Waals surface area contributed by atoms with Gasteiger partial charge in [-0.15, -0.1) is 0 Å². The molecule has 160 valence electrons. The maximum Gasteiger partial charge on any atom is 0.152 e. The average molecular weight is 445 g/mol. The molecular formula is C28H33OPSi. The minimum atomic E-state index is -2.13. The summed E-state index contributed by atoms with van der Waals surface area (Å²) < 4.78 is 0. The molecule has 0 fully saturated rings. The summed E-state index contributed by atoms with van der Waals surface area (Å²) in [5.41, 5.74) is 1.16. The van der Waals surface area contributed by atoms with Gasteiger partial charge >= 0.3 is 0 Å². The summed E-state index contributed by atoms with van der Waals surface area (Å²) in [5, 5.41) is 4.92. The molecule has 3 heteroatoms. The summed E-state index contributed by atoms with van der Waals surface area (Å²) in [6.45, 7) is 13.4. The summed E-state index contributed by atoms with van der Waals surface area (Å²) in [4.78, 5) is 13.4. The fourth-order valence-corrected chi connectivity index (χ4v) is 9.90. The Morgan fingerprint density at radius 1 is 0.710 bits per heavy atom. The third-order valence-corrected chi connectivity index (χ3v) is 14.8. The van der Waals surface area contributed by atoms with E-state index >= 15 is 0 Å². The molecule has 0 bridgehead atoms. The molecule has 0 aromatic heterocycles. The summed E-state index contributed by atoms with van der Waals surface area (Å²) in [6.07, 6.45) is 0. The molecule has 0 spiro atoms. The molecular weight excluding hydrogens is 411 g/mol. The number of carbonyl (C=O) groups excluding carboxylic acids is 1. The lowest BCUT2D eigenvalue weighted by molar-refractivity contribution is -0.113. The van der Waals surface area contributed by atoms with Crippen LogP contribution < -0.4 is 10.6 Å². The van der Waals surface area contributed by atoms with E-state index in [0.29, 0.717) is 0 Å². The Bertz CT molecular complexity index is 1010. The van der Waals surface area contributed by atoms with E-state index in [1.54, 1.807) is 6.92 Å². The molecule has 0 heterocycles. The lowest BCUT2D eigenvalue weighted by Gasteiger charge is -2.41. The molecule has 0 N–H and O–H groups in total. The van der Waals surface area contributed by atoms with Gasteiger partial charge in [-0.1, -0.05) is 125 Å². The molecule has 0 radical (unpaired) electrons. The molecule has 0 aliphatic carbocycles. The molecule has 3 aromatic carbocycles. The molecule has 3 aromatic rings. The molecule has 31 heavy (non-hydrogen) atoms. The molecule has 0 aliphatic heterocycles. The number of rotatable bonds is 6. The Kier molecular flexibility index (Phi) is 7.14. The minimum absolute atomic E-state index is 0.0579. The van der Waals surface area contributed by atoms with Crippen LogP contribution in [0.25, 0.3) is 5.31 Å². The van der Waals surface area contributed by atoms with E-state index in [0.717, 1.165) is 10.8 Å². The van der Waals surface area contributed by atoms with E-state index in [1.165, 1.54) is 15.9 Å². The highest BCUT2D eigenvalue weighted by Gasteiger charge is 2.43. The highest BCUT2D eigenvalue weighted by atomic mass is 31.1. The molecule has 0 atom stereocenters. The second-order valence-corrected chi connectivity index (χ2v) is 16.9. The van der Waals surface area contributed by atoms with Crippen LogP contribution in [-0.2, 0) is 4.79 Å². The fraction of sp³-hybridized carbons (Fsp3) is 0.250. The highest BCUT2D eigenvalue weighted by molar-refractivity contribution is 7.82. The zero-order chi connectivity index (χ0) is 22.6. The number of hydrogen-bond donors (Lipinski definition) is 0. The topological polar surface area (TPSA) is 17.1 Å². The van der Waals surface area contributed by atoms with Crippen LogP contribution >= 0.6 is 7.92 Å². The number of carbonyl (C=O) groups is 1. The SMILES string of the molecule is CC(=O)/C(=C(/c1ccccc1)P(c1ccccc1)c1ccccc1)[Si](C)(C)C(C)(C)C. The fourth-order valence-electron chi connectivity index (χ4n) is 3.82. The van der Waals surface area contributed by atoms with Gasteiger partial charge < -0.3 is 0 Å². The molecule has 0 amide bonds. The van der Waals surface area contributed by atoms with E-state index in [9.17, 15) is 4.79 Å². The van der Waals surface area contributed by atoms with E-state index in [4.69, 9.17) is 0 Å². The first-order valence-electron chi connectivity index (χ1n) is 10.9. The lowest BCUT2D eigenvalue weighted by Crippen LogP contribution is -2.43. The second kappa shape index (κ2) is 9.47. The van der Waals surface area contributed by atoms with Gasteiger partial charge in [0.05, 0.1) is 8.07 Å². The summed E-state index contributed by atoms with van der Waals surface area (Å²) in [7, 11) is -3.01. The van der Waals surface area contributed by atoms with Crippen LogP contribution in [0, 0.1) is 0 Å². The quantitative estimate of drug-likeness (QED) is 0.224. The Labute approximate surface area is 190 Å². The number of benzene rings is 3. The summed E-state index contributed by atoms with van der Waals surface area (Å²) in [6, 6.07) is 32.0. The molecule has 0 aliphatic rings. The van der Waals surface area contributed by atoms with Crippen molar-refractivity contribution in [2.45, 2.75) is 45.8 Å². The average Bonchev–Trinajstić information content (AvgIpc) is 2.74. The largest absolute Gasteiger partial charge is 0.295 e. The van der Waals surface area contributed by atoms with Crippen molar-refractivity contribution >= 4 is 37.7 Å². The normalized spacial score (nSPS) is 13.1. The zero-order valence-electron chi connectivity index (χ0n) is 19.5. The van der Waals surface area contributed by atoms with Gasteiger partial charge in [0.1, 0.15) is 0 Å². The monoisotopic (exact) mass is 444 g/mol. The van der Waals surface area contributed by atoms with E-state index in [1.807, 2.05) is 6.07 Å². The zero-order valence-corrected chi connectivity index (χ0v) is 21.4. The summed E-state index contributed by atoms with van der Waals surface area (Å²) >= 11 is 0. The maximum absolute atomic E-state index is 13.4. The predicted octanol–water partition coefficient (Wildman–Crippen LogP) is 7.17. The van der Waals surface area contributed by atoms with Gasteiger partial charge in [-0.3, -0.25) is 4.79 Å². The van der Waals surface area contributed by atoms with Gasteiger partial charge in [0.2, 0.25) is 0 Å². The van der Waals surface area contributed by atoms with Crippen LogP contribution in [0.4, 0.5) is 0 Å². The molecule has 1 nitrogen and oxygen atoms in total. The van der Waals surface area contributed by atoms with Gasteiger partial charge in [0, 0.05) is 0 Å². The Morgan fingerprint density at radius 3 is 1.45 bits per heavy atom. The van der Waals surface area contributed by atoms with Crippen molar-refractivity contribution in [3.05, 3.63) is 102 Å². The van der Waals surface area contributed by atoms with Crippen molar-refractivity contribution in [2.75, 3.05) is 0 Å². The predicted molar refractivity (Wildman–Crippen MR) is 140 cm³/mol. The lowest BCUT2D eigenvalue weighted by atomic mass is 10.2. The van der Waals surface area contributed by atoms with Gasteiger partial charge in [-0.25, -0.2) is 0 Å². The Morgan fingerprint density at radius 2 is 1.10 bits per heavy atom. The van der Waals surface area contributed by atoms with Crippen molar-refractivity contribution in [3.8, 4) is 0 Å². The van der Waals surface area contributed by atoms with Crippen molar-refractivity contribution in [1.82, 2.24) is 0 Å². The van der Waals surface area contributed by atoms with Crippen LogP contribution in [0.1, 0.15) is 33.3 Å². The van der Waals surface area contributed by atoms with Crippen LogP contribution in [-0.4, -0.2) is 13.9 Å². The van der Waals surface area contributed by atoms with E-state index < -0.39 is 16.0 Å². The second-order valence-electron chi connectivity index (χ2n) is 9.53. The van der Waals surface area contributed by atoms with Crippen molar-refractivity contribution in [2.24, 2.45) is 0 Å². The summed E-state index contributed by atoms with van der Waals surface area (Å²) in [5.74, 6) is 0.213. The van der Waals surface area contributed by atoms with Gasteiger partial charge in [0.25, 0.3) is 0 Å². The molecule has 3 rings (SSSR count). The number of hydrogen-bond acceptors (Lipinski definition) is 1. The first-order valence-corrected chi connectivity index (χ1v) is 15.2. The molecule has 0 saturated heterocycles. The number of ketones is 1. The van der Waals surface area contributed by atoms with E-state index in [-0.39, 0.29) is 10.8 Å². The third-order valence-electron chi connectivity index (χ3n) is 6.39. The Hall–Kier alpha value is -2.28. The van der Waals surface area contributed by atoms with E-state index in [2.05, 4.69) is 119 Å². The number of allylic oxidation sites excluding steroid dienone is 1. The first kappa shape index (κ1) is 23.4. The van der Waals surface area contributed by atoms with Crippen LogP contribution in [0.2, 0.25) is 18.1 Å². The standard InChI is InChI=1S/C28H33OPSi/c1-22(29)27(31(5,6)28(2,3)4)26(23-16-10-7-11-17-23)30(24-18-12-8-13-19-24)25-20-14-9-15-21-25/h7-21H,1-6H3/b27-26+. The molecule has 0 saturated carbocycles. The van der Waals surface area contributed by atoms with Gasteiger partial charge in [0.15, 0.2) is 5.78 Å². The maximum atomic E-state index is 13.4. The van der Waals surface area contributed by atoms with Crippen molar-refractivity contribution in [1.29, 1.82) is 0 Å². The van der Waals surface area contributed by atoms with Gasteiger partial charge in [-0.05, 0) is 46.6 Å². The minimum Gasteiger partial charge on any atom is -0.295 e. The van der Waals surface area contributed by atoms with Gasteiger partial charge in [-0.2, -0.15) is 0 Å². The number of Topliss-reactive ketones (excluding diaryl/α,β-unsaturated/α-hetero) is 1. The van der Waals surface area contributed by atoms with Crippen molar-refractivity contribution in [3.63, 3.8) is 0 Å². The van der Waals surface area contributed by atoms with Crippen LogP contribution in [0.5, 0.6) is 0 Å². The van der Waals surface area contributed by atoms with Crippen LogP contribution in [0.15, 0.2) is 96.2 Å².